The van der Waals surface area contributed by atoms with E-state index < -0.39 is 16.1 Å². The third kappa shape index (κ3) is 4.10. The van der Waals surface area contributed by atoms with Crippen molar-refractivity contribution >= 4 is 27.3 Å². The van der Waals surface area contributed by atoms with Crippen molar-refractivity contribution in [2.45, 2.75) is 56.8 Å². The summed E-state index contributed by atoms with van der Waals surface area (Å²) in [6.07, 6.45) is 1.99. The maximum atomic E-state index is 12.9. The predicted molar refractivity (Wildman–Crippen MR) is 94.0 cm³/mol. The molecule has 3 heterocycles. The van der Waals surface area contributed by atoms with Gasteiger partial charge in [0.15, 0.2) is 10.0 Å². The molecule has 2 aromatic rings. The minimum Gasteiger partial charge on any atom is -0.337 e. The van der Waals surface area contributed by atoms with E-state index in [2.05, 4.69) is 19.8 Å². The summed E-state index contributed by atoms with van der Waals surface area (Å²) in [5.74, 6) is 0.560. The minimum atomic E-state index is -3.80. The van der Waals surface area contributed by atoms with E-state index in [1.54, 1.807) is 25.7 Å². The van der Waals surface area contributed by atoms with E-state index in [0.29, 0.717) is 35.4 Å². The molecular formula is C15H21N5O4S2. The van der Waals surface area contributed by atoms with Crippen molar-refractivity contribution in [3.05, 3.63) is 22.4 Å². The van der Waals surface area contributed by atoms with Crippen LogP contribution in [0.4, 0.5) is 0 Å². The molecule has 0 saturated carbocycles. The molecule has 1 aliphatic heterocycles. The van der Waals surface area contributed by atoms with E-state index in [0.717, 1.165) is 24.2 Å². The molecule has 1 fully saturated rings. The lowest BCUT2D eigenvalue weighted by molar-refractivity contribution is -0.133. The second-order valence-corrected chi connectivity index (χ2v) is 9.38. The van der Waals surface area contributed by atoms with Crippen molar-refractivity contribution < 1.29 is 17.7 Å². The van der Waals surface area contributed by atoms with Gasteiger partial charge in [-0.2, -0.15) is 9.71 Å². The van der Waals surface area contributed by atoms with Crippen LogP contribution in [0.1, 0.15) is 41.7 Å². The van der Waals surface area contributed by atoms with Gasteiger partial charge in [-0.1, -0.05) is 5.16 Å². The third-order valence-electron chi connectivity index (χ3n) is 4.08. The lowest BCUT2D eigenvalue weighted by Gasteiger charge is -2.23. The van der Waals surface area contributed by atoms with Crippen molar-refractivity contribution in [2.24, 2.45) is 0 Å². The van der Waals surface area contributed by atoms with Crippen molar-refractivity contribution in [3.8, 4) is 0 Å². The van der Waals surface area contributed by atoms with Crippen molar-refractivity contribution in [3.63, 3.8) is 0 Å². The van der Waals surface area contributed by atoms with Gasteiger partial charge in [-0.05, 0) is 40.0 Å². The van der Waals surface area contributed by atoms with Crippen LogP contribution in [0, 0.1) is 20.8 Å². The summed E-state index contributed by atoms with van der Waals surface area (Å²) in [6, 6.07) is -0.812. The molecule has 1 atom stereocenters. The molecule has 142 valence electrons. The first-order valence-corrected chi connectivity index (χ1v) is 10.6. The third-order valence-corrected chi connectivity index (χ3v) is 7.23. The number of aryl methyl sites for hydroxylation is 3. The lowest BCUT2D eigenvalue weighted by atomic mass is 10.1. The molecule has 0 spiro atoms. The van der Waals surface area contributed by atoms with Crippen LogP contribution in [-0.2, 0) is 21.4 Å². The molecule has 3 rings (SSSR count). The molecule has 0 aromatic carbocycles. The van der Waals surface area contributed by atoms with Crippen LogP contribution in [-0.4, -0.2) is 46.9 Å². The molecule has 0 aliphatic carbocycles. The zero-order chi connectivity index (χ0) is 18.9. The van der Waals surface area contributed by atoms with Gasteiger partial charge in [0.25, 0.3) is 10.0 Å². The highest BCUT2D eigenvalue weighted by atomic mass is 32.2. The summed E-state index contributed by atoms with van der Waals surface area (Å²) in [5.41, 5.74) is 0.444. The van der Waals surface area contributed by atoms with E-state index in [4.69, 9.17) is 4.52 Å². The first-order valence-electron chi connectivity index (χ1n) is 8.30. The first kappa shape index (κ1) is 18.9. The number of nitrogens with zero attached hydrogens (tertiary/aromatic N) is 4. The molecule has 9 nitrogen and oxygen atoms in total. The molecule has 1 unspecified atom stereocenters. The van der Waals surface area contributed by atoms with Gasteiger partial charge in [-0.25, -0.2) is 13.4 Å². The average molecular weight is 399 g/mol. The number of sulfonamides is 1. The normalized spacial score (nSPS) is 19.0. The summed E-state index contributed by atoms with van der Waals surface area (Å²) < 4.78 is 33.2. The Balaban J connectivity index is 1.77. The molecule has 11 heteroatoms. The lowest BCUT2D eigenvalue weighted by Crippen LogP contribution is -2.47. The van der Waals surface area contributed by atoms with Crippen LogP contribution in [0.2, 0.25) is 0 Å². The number of aromatic nitrogens is 3. The van der Waals surface area contributed by atoms with Crippen LogP contribution in [0.3, 0.4) is 0 Å². The standard InChI is InChI=1S/C15H21N5O4S2/c1-9-15(25-11(3)16-9)26(22,23)19-12-6-4-5-7-20(14(12)21)8-13-17-10(2)18-24-13/h12,19H,4-8H2,1-3H3. The smallest absolute Gasteiger partial charge is 0.252 e. The van der Waals surface area contributed by atoms with Gasteiger partial charge in [0, 0.05) is 6.54 Å². The Hall–Kier alpha value is -1.85. The summed E-state index contributed by atoms with van der Waals surface area (Å²) >= 11 is 1.10. The molecule has 1 saturated heterocycles. The molecule has 1 amide bonds. The highest BCUT2D eigenvalue weighted by molar-refractivity contribution is 7.91. The zero-order valence-corrected chi connectivity index (χ0v) is 16.5. The molecular weight excluding hydrogens is 378 g/mol. The largest absolute Gasteiger partial charge is 0.337 e. The molecule has 1 N–H and O–H groups in total. The SMILES string of the molecule is Cc1noc(CN2CCCCC(NS(=O)(=O)c3sc(C)nc3C)C2=O)n1. The Labute approximate surface area is 155 Å². The monoisotopic (exact) mass is 399 g/mol. The van der Waals surface area contributed by atoms with Gasteiger partial charge >= 0.3 is 0 Å². The second kappa shape index (κ2) is 7.41. The number of carbonyl (C=O) groups is 1. The van der Waals surface area contributed by atoms with E-state index in [1.807, 2.05) is 0 Å². The summed E-state index contributed by atoms with van der Waals surface area (Å²) in [5, 5.41) is 4.39. The van der Waals surface area contributed by atoms with Crippen molar-refractivity contribution in [1.82, 2.24) is 24.7 Å². The average Bonchev–Trinajstić information content (AvgIpc) is 3.08. The van der Waals surface area contributed by atoms with Crippen LogP contribution in [0.15, 0.2) is 8.73 Å². The van der Waals surface area contributed by atoms with Crippen LogP contribution in [0.25, 0.3) is 0 Å². The maximum Gasteiger partial charge on any atom is 0.252 e. The fourth-order valence-electron chi connectivity index (χ4n) is 2.94. The quantitative estimate of drug-likeness (QED) is 0.805. The Kier molecular flexibility index (Phi) is 5.39. The van der Waals surface area contributed by atoms with Gasteiger partial charge in [0.05, 0.1) is 10.7 Å². The molecule has 2 aromatic heterocycles. The van der Waals surface area contributed by atoms with E-state index in [1.165, 1.54) is 0 Å². The highest BCUT2D eigenvalue weighted by Gasteiger charge is 2.33. The summed E-state index contributed by atoms with van der Waals surface area (Å²) in [6.45, 7) is 5.81. The fourth-order valence-corrected chi connectivity index (χ4v) is 5.67. The molecule has 1 aliphatic rings. The number of thiazole rings is 1. The number of amides is 1. The van der Waals surface area contributed by atoms with Crippen molar-refractivity contribution in [2.75, 3.05) is 6.54 Å². The number of likely N-dealkylation sites (tertiary alicyclic amines) is 1. The van der Waals surface area contributed by atoms with E-state index in [9.17, 15) is 13.2 Å². The summed E-state index contributed by atoms with van der Waals surface area (Å²) in [7, 11) is -3.80. The van der Waals surface area contributed by atoms with Gasteiger partial charge < -0.3 is 9.42 Å². The number of carbonyl (C=O) groups excluding carboxylic acids is 1. The molecule has 26 heavy (non-hydrogen) atoms. The van der Waals surface area contributed by atoms with Crippen LogP contribution in [0.5, 0.6) is 0 Å². The Morgan fingerprint density at radius 2 is 2.04 bits per heavy atom. The van der Waals surface area contributed by atoms with Gasteiger partial charge in [-0.3, -0.25) is 4.79 Å². The number of hydrogen-bond acceptors (Lipinski definition) is 8. The highest BCUT2D eigenvalue weighted by Crippen LogP contribution is 2.24. The predicted octanol–water partition coefficient (Wildman–Crippen LogP) is 1.31. The van der Waals surface area contributed by atoms with Crippen molar-refractivity contribution in [1.29, 1.82) is 0 Å². The number of nitrogens with one attached hydrogen (secondary N) is 1. The fraction of sp³-hybridized carbons (Fsp3) is 0.600. The Bertz CT molecular complexity index is 905. The Morgan fingerprint density at radius 1 is 1.27 bits per heavy atom. The minimum absolute atomic E-state index is 0.158. The molecule has 0 bridgehead atoms. The molecule has 0 radical (unpaired) electrons. The number of rotatable bonds is 5. The first-order chi connectivity index (χ1) is 12.3. The Morgan fingerprint density at radius 3 is 2.65 bits per heavy atom. The summed E-state index contributed by atoms with van der Waals surface area (Å²) in [4.78, 5) is 22.7. The van der Waals surface area contributed by atoms with Crippen LogP contribution >= 0.6 is 11.3 Å². The maximum absolute atomic E-state index is 12.9. The van der Waals surface area contributed by atoms with Gasteiger partial charge in [0.2, 0.25) is 11.8 Å². The topological polar surface area (TPSA) is 118 Å². The van der Waals surface area contributed by atoms with E-state index >= 15 is 0 Å². The van der Waals surface area contributed by atoms with Gasteiger partial charge in [-0.15, -0.1) is 11.3 Å². The second-order valence-electron chi connectivity index (χ2n) is 6.27. The van der Waals surface area contributed by atoms with E-state index in [-0.39, 0.29) is 16.7 Å². The zero-order valence-electron chi connectivity index (χ0n) is 14.9. The van der Waals surface area contributed by atoms with Crippen LogP contribution < -0.4 is 4.72 Å². The van der Waals surface area contributed by atoms with Gasteiger partial charge in [0.1, 0.15) is 12.6 Å². The number of hydrogen-bond donors (Lipinski definition) is 1.